The highest BCUT2D eigenvalue weighted by molar-refractivity contribution is 5.71. The lowest BCUT2D eigenvalue weighted by atomic mass is 10.2. The first kappa shape index (κ1) is 29.2. The summed E-state index contributed by atoms with van der Waals surface area (Å²) < 4.78 is 114. The zero-order chi connectivity index (χ0) is 30.2. The molecule has 0 unspecified atom stereocenters. The molecular weight excluding hydrogens is 575 g/mol. The van der Waals surface area contributed by atoms with Gasteiger partial charge in [0.25, 0.3) is 0 Å². The second-order valence-corrected chi connectivity index (χ2v) is 8.18. The standard InChI is InChI=1S/C8H6F3N3.C7H5F3N4.C7H4F3N3/c1-14-4-13-6-2-5(8(9,10)11)3-12-7(6)14;1-14-3-11-4-2-5(7(8,9)10)12-13-6(4)14;8-7(9,10)5-3-6-11-1-2-13(6)4-12-5/h2-4H,1H3;2-3H,1H3;1-4H. The topological polar surface area (TPSA) is 104 Å². The molecule has 0 aliphatic heterocycles. The Morgan fingerprint density at radius 1 is 0.585 bits per heavy atom. The molecule has 0 saturated heterocycles. The van der Waals surface area contributed by atoms with Gasteiger partial charge in [0.2, 0.25) is 0 Å². The number of halogens is 9. The first-order valence-electron chi connectivity index (χ1n) is 11.0. The maximum Gasteiger partial charge on any atom is 0.435 e. The van der Waals surface area contributed by atoms with E-state index in [4.69, 9.17) is 0 Å². The number of fused-ring (bicyclic) bond motifs is 3. The fraction of sp³-hybridized carbons (Fsp3) is 0.227. The molecule has 6 aromatic heterocycles. The van der Waals surface area contributed by atoms with E-state index in [1.54, 1.807) is 18.7 Å². The number of nitrogens with zero attached hydrogens (tertiary/aromatic N) is 10. The molecule has 19 heteroatoms. The molecule has 6 rings (SSSR count). The van der Waals surface area contributed by atoms with Gasteiger partial charge in [0, 0.05) is 44.8 Å². The zero-order valence-corrected chi connectivity index (χ0v) is 20.6. The Kier molecular flexibility index (Phi) is 7.55. The molecule has 41 heavy (non-hydrogen) atoms. The van der Waals surface area contributed by atoms with Gasteiger partial charge in [-0.15, -0.1) is 10.2 Å². The Bertz CT molecular complexity index is 1710. The van der Waals surface area contributed by atoms with Gasteiger partial charge in [0.1, 0.15) is 28.7 Å². The van der Waals surface area contributed by atoms with Crippen LogP contribution in [0.25, 0.3) is 28.0 Å². The Balaban J connectivity index is 0.000000142. The summed E-state index contributed by atoms with van der Waals surface area (Å²) >= 11 is 0. The van der Waals surface area contributed by atoms with Crippen molar-refractivity contribution in [1.82, 2.24) is 48.7 Å². The summed E-state index contributed by atoms with van der Waals surface area (Å²) in [7, 11) is 3.31. The maximum absolute atomic E-state index is 12.2. The maximum atomic E-state index is 12.2. The Labute approximate surface area is 222 Å². The molecule has 0 N–H and O–H groups in total. The van der Waals surface area contributed by atoms with Gasteiger partial charge >= 0.3 is 18.5 Å². The van der Waals surface area contributed by atoms with Crippen molar-refractivity contribution in [3.8, 4) is 0 Å². The van der Waals surface area contributed by atoms with Crippen molar-refractivity contribution >= 4 is 28.0 Å². The minimum Gasteiger partial charge on any atom is -0.318 e. The second-order valence-electron chi connectivity index (χ2n) is 8.18. The summed E-state index contributed by atoms with van der Waals surface area (Å²) in [6.45, 7) is 0. The Morgan fingerprint density at radius 2 is 1.20 bits per heavy atom. The minimum atomic E-state index is -4.47. The molecule has 0 aliphatic rings. The summed E-state index contributed by atoms with van der Waals surface area (Å²) in [6, 6.07) is 2.77. The summed E-state index contributed by atoms with van der Waals surface area (Å²) in [5.74, 6) is 0. The predicted molar refractivity (Wildman–Crippen MR) is 123 cm³/mol. The Hall–Kier alpha value is -4.84. The number of imidazole rings is 3. The van der Waals surface area contributed by atoms with E-state index in [0.29, 0.717) is 11.3 Å². The molecule has 6 aromatic rings. The molecule has 216 valence electrons. The monoisotopic (exact) mass is 590 g/mol. The third-order valence-corrected chi connectivity index (χ3v) is 5.20. The molecule has 0 radical (unpaired) electrons. The highest BCUT2D eigenvalue weighted by Gasteiger charge is 2.34. The average molecular weight is 590 g/mol. The van der Waals surface area contributed by atoms with E-state index in [9.17, 15) is 39.5 Å². The third kappa shape index (κ3) is 6.67. The minimum absolute atomic E-state index is 0.190. The number of hydrogen-bond donors (Lipinski definition) is 0. The van der Waals surface area contributed by atoms with Crippen molar-refractivity contribution in [2.24, 2.45) is 14.1 Å². The average Bonchev–Trinajstić information content (AvgIpc) is 3.61. The molecular formula is C22H15F9N10. The van der Waals surface area contributed by atoms with Crippen LogP contribution in [-0.4, -0.2) is 48.7 Å². The van der Waals surface area contributed by atoms with Gasteiger partial charge in [-0.25, -0.2) is 24.9 Å². The van der Waals surface area contributed by atoms with E-state index in [1.165, 1.54) is 34.0 Å². The highest BCUT2D eigenvalue weighted by Crippen LogP contribution is 2.30. The smallest absolute Gasteiger partial charge is 0.318 e. The first-order chi connectivity index (χ1) is 19.0. The lowest BCUT2D eigenvalue weighted by Crippen LogP contribution is -2.09. The van der Waals surface area contributed by atoms with Gasteiger partial charge in [-0.1, -0.05) is 0 Å². The molecule has 0 bridgehead atoms. The van der Waals surface area contributed by atoms with E-state index < -0.39 is 35.5 Å². The van der Waals surface area contributed by atoms with Crippen LogP contribution in [0, 0.1) is 0 Å². The highest BCUT2D eigenvalue weighted by atomic mass is 19.4. The van der Waals surface area contributed by atoms with Crippen LogP contribution in [0.4, 0.5) is 39.5 Å². The fourth-order valence-electron chi connectivity index (χ4n) is 3.21. The van der Waals surface area contributed by atoms with Crippen LogP contribution in [0.15, 0.2) is 55.8 Å². The lowest BCUT2D eigenvalue weighted by molar-refractivity contribution is -0.142. The van der Waals surface area contributed by atoms with Gasteiger partial charge in [-0.3, -0.25) is 4.40 Å². The van der Waals surface area contributed by atoms with Gasteiger partial charge in [-0.2, -0.15) is 39.5 Å². The fourth-order valence-corrected chi connectivity index (χ4v) is 3.21. The van der Waals surface area contributed by atoms with Crippen molar-refractivity contribution < 1.29 is 39.5 Å². The molecule has 6 heterocycles. The van der Waals surface area contributed by atoms with Crippen molar-refractivity contribution in [2.45, 2.75) is 18.5 Å². The quantitative estimate of drug-likeness (QED) is 0.226. The second kappa shape index (κ2) is 10.6. The predicted octanol–water partition coefficient (Wildman–Crippen LogP) is 5.12. The van der Waals surface area contributed by atoms with E-state index in [-0.39, 0.29) is 16.7 Å². The van der Waals surface area contributed by atoms with Crippen LogP contribution in [0.1, 0.15) is 17.0 Å². The van der Waals surface area contributed by atoms with Crippen molar-refractivity contribution in [1.29, 1.82) is 0 Å². The third-order valence-electron chi connectivity index (χ3n) is 5.20. The molecule has 0 atom stereocenters. The van der Waals surface area contributed by atoms with Crippen molar-refractivity contribution in [3.63, 3.8) is 0 Å². The summed E-state index contributed by atoms with van der Waals surface area (Å²) in [5, 5.41) is 6.51. The molecule has 0 saturated carbocycles. The van der Waals surface area contributed by atoms with Crippen molar-refractivity contribution in [3.05, 3.63) is 72.7 Å². The normalized spacial score (nSPS) is 12.3. The summed E-state index contributed by atoms with van der Waals surface area (Å²) in [6.07, 6.45) is -5.59. The molecule has 0 aliphatic carbocycles. The van der Waals surface area contributed by atoms with Crippen LogP contribution in [0.3, 0.4) is 0 Å². The van der Waals surface area contributed by atoms with Crippen LogP contribution in [-0.2, 0) is 32.6 Å². The van der Waals surface area contributed by atoms with E-state index in [0.717, 1.165) is 30.7 Å². The summed E-state index contributed by atoms with van der Waals surface area (Å²) in [5.41, 5.74) is -1.27. The van der Waals surface area contributed by atoms with E-state index in [1.807, 2.05) is 0 Å². The Morgan fingerprint density at radius 3 is 1.80 bits per heavy atom. The van der Waals surface area contributed by atoms with Gasteiger partial charge in [0.15, 0.2) is 17.0 Å². The first-order valence-corrected chi connectivity index (χ1v) is 11.0. The van der Waals surface area contributed by atoms with Gasteiger partial charge in [-0.05, 0) is 6.07 Å². The lowest BCUT2D eigenvalue weighted by Gasteiger charge is -2.04. The molecule has 0 aromatic carbocycles. The number of alkyl halides is 9. The number of hydrogen-bond acceptors (Lipinski definition) is 7. The number of aromatic nitrogens is 10. The van der Waals surface area contributed by atoms with Gasteiger partial charge < -0.3 is 9.13 Å². The molecule has 0 fully saturated rings. The van der Waals surface area contributed by atoms with Crippen LogP contribution < -0.4 is 0 Å². The van der Waals surface area contributed by atoms with Crippen LogP contribution >= 0.6 is 0 Å². The van der Waals surface area contributed by atoms with Crippen LogP contribution in [0.5, 0.6) is 0 Å². The molecule has 0 amide bonds. The van der Waals surface area contributed by atoms with E-state index in [2.05, 4.69) is 35.1 Å². The van der Waals surface area contributed by atoms with Gasteiger partial charge in [0.05, 0.1) is 18.2 Å². The number of aryl methyl sites for hydroxylation is 2. The van der Waals surface area contributed by atoms with Crippen LogP contribution in [0.2, 0.25) is 0 Å². The number of pyridine rings is 1. The largest absolute Gasteiger partial charge is 0.435 e. The molecule has 0 spiro atoms. The SMILES string of the molecule is Cn1cnc2cc(C(F)(F)F)cnc21.Cn1cnc2cc(C(F)(F)F)nnc21.FC(F)(F)c1cc2nccn2cn1. The summed E-state index contributed by atoms with van der Waals surface area (Å²) in [4.78, 5) is 18.2. The number of rotatable bonds is 0. The zero-order valence-electron chi connectivity index (χ0n) is 20.6. The van der Waals surface area contributed by atoms with Crippen molar-refractivity contribution in [2.75, 3.05) is 0 Å². The van der Waals surface area contributed by atoms with E-state index >= 15 is 0 Å². The molecule has 10 nitrogen and oxygen atoms in total.